The largest absolute Gasteiger partial charge is 0.534 e. The standard InChI is InChI=1S/C30H25FIN3O6.C23H16F4IN3O7S.C21H19FIN3O4/c1-17-23(40-4)6-5-7-24(17)41-25-15-26(36)33(2)28-27(25)29(37)34(16-18-8-11-20(39-3)12-9-18)30(38)35(28)22-13-10-19(32)14-21(22)31;1-29-18(32)10-17(38-39(35,36)23(25,26)27)19-20(29)31(16-8-5-13(28)9-15(16)24)22(34)30(21(19)33)11-12-3-6-14(37-2)7-4-12;1-11-15(29-3)5-4-6-16(11)30-17-10-18(27)26(2)21(19(17)20(24)28)25-14-8-7-12(23)9-13(14)22/h5-15H,16H2,1-4H3;3-10H,11H2,1-2H3;4-10,25H,1-3H3,(H2,24,28). The number of carbonyl (C=O) groups is 1. The molecule has 0 aliphatic carbocycles. The number of amides is 1. The lowest BCUT2D eigenvalue weighted by molar-refractivity contribution is -0.0499. The van der Waals surface area contributed by atoms with Crippen molar-refractivity contribution in [2.45, 2.75) is 32.4 Å². The van der Waals surface area contributed by atoms with E-state index >= 15 is 8.78 Å². The smallest absolute Gasteiger partial charge is 0.497 e. The molecule has 0 atom stereocenters. The molecule has 7 aromatic carbocycles. The number of methoxy groups -OCH3 is 4. The van der Waals surface area contributed by atoms with Crippen LogP contribution in [0.4, 0.5) is 37.8 Å². The van der Waals surface area contributed by atoms with Crippen molar-refractivity contribution in [1.82, 2.24) is 32.0 Å². The van der Waals surface area contributed by atoms with Gasteiger partial charge in [0.25, 0.3) is 33.7 Å². The van der Waals surface area contributed by atoms with Crippen molar-refractivity contribution in [3.05, 3.63) is 286 Å². The maximum Gasteiger partial charge on any atom is 0.534 e. The van der Waals surface area contributed by atoms with Gasteiger partial charge in [-0.25, -0.2) is 31.9 Å². The van der Waals surface area contributed by atoms with Gasteiger partial charge < -0.3 is 43.7 Å². The summed E-state index contributed by atoms with van der Waals surface area (Å²) in [6, 6.07) is 38.4. The molecule has 572 valence electrons. The number of aromatic nitrogens is 7. The van der Waals surface area contributed by atoms with Crippen molar-refractivity contribution < 1.29 is 72.2 Å². The van der Waals surface area contributed by atoms with Crippen LogP contribution in [0.1, 0.15) is 32.6 Å². The molecule has 0 fully saturated rings. The maximum absolute atomic E-state index is 15.4. The number of nitrogens with zero attached hydrogens (tertiary/aromatic N) is 7. The average Bonchev–Trinajstić information content (AvgIpc) is 0.732. The van der Waals surface area contributed by atoms with Gasteiger partial charge >= 0.3 is 27.0 Å². The zero-order valence-electron chi connectivity index (χ0n) is 58.9. The van der Waals surface area contributed by atoms with Crippen LogP contribution in [0, 0.1) is 42.0 Å². The number of ether oxygens (including phenoxy) is 6. The second kappa shape index (κ2) is 33.4. The van der Waals surface area contributed by atoms with E-state index in [4.69, 9.17) is 34.2 Å². The molecule has 0 spiro atoms. The van der Waals surface area contributed by atoms with Gasteiger partial charge in [-0.15, -0.1) is 0 Å². The zero-order valence-corrected chi connectivity index (χ0v) is 66.2. The van der Waals surface area contributed by atoms with E-state index in [2.05, 4.69) is 9.50 Å². The number of anilines is 2. The Morgan fingerprint density at radius 1 is 0.482 bits per heavy atom. The lowest BCUT2D eigenvalue weighted by Crippen LogP contribution is -2.42. The molecule has 0 bridgehead atoms. The Bertz CT molecular complexity index is 6250. The van der Waals surface area contributed by atoms with Gasteiger partial charge in [-0.1, -0.05) is 36.4 Å². The van der Waals surface area contributed by atoms with Crippen LogP contribution in [0.3, 0.4) is 0 Å². The third-order valence-corrected chi connectivity index (χ3v) is 19.9. The molecule has 0 aliphatic rings. The highest BCUT2D eigenvalue weighted by Crippen LogP contribution is 2.38. The predicted molar refractivity (Wildman–Crippen MR) is 421 cm³/mol. The monoisotopic (exact) mass is 1870 g/mol. The predicted octanol–water partition coefficient (Wildman–Crippen LogP) is 11.7. The Morgan fingerprint density at radius 2 is 0.864 bits per heavy atom. The summed E-state index contributed by atoms with van der Waals surface area (Å²) < 4.78 is 153. The van der Waals surface area contributed by atoms with Gasteiger partial charge in [0.2, 0.25) is 0 Å². The molecule has 5 heterocycles. The first-order valence-corrected chi connectivity index (χ1v) is 36.5. The first-order valence-electron chi connectivity index (χ1n) is 31.9. The number of carbonyl (C=O) groups excluding carboxylic acids is 1. The van der Waals surface area contributed by atoms with Crippen molar-refractivity contribution in [2.75, 3.05) is 33.8 Å². The zero-order chi connectivity index (χ0) is 80.3. The summed E-state index contributed by atoms with van der Waals surface area (Å²) >= 11 is 5.74. The molecule has 3 N–H and O–H groups in total. The number of alkyl halides is 3. The van der Waals surface area contributed by atoms with Crippen molar-refractivity contribution in [3.63, 3.8) is 0 Å². The van der Waals surface area contributed by atoms with Gasteiger partial charge in [0.05, 0.1) is 58.6 Å². The van der Waals surface area contributed by atoms with E-state index in [0.717, 1.165) is 38.9 Å². The van der Waals surface area contributed by atoms with E-state index in [0.29, 0.717) is 87.2 Å². The minimum absolute atomic E-state index is 0.0191. The van der Waals surface area contributed by atoms with Crippen LogP contribution in [0.5, 0.6) is 51.7 Å². The molecule has 110 heavy (non-hydrogen) atoms. The molecule has 36 heteroatoms. The van der Waals surface area contributed by atoms with Gasteiger partial charge in [0.15, 0.2) is 5.75 Å². The molecular formula is C74H60F6I3N9O17S. The normalized spacial score (nSPS) is 11.3. The fourth-order valence-corrected chi connectivity index (χ4v) is 13.1. The SMILES string of the molecule is COc1ccc(Cn2c(=O)c3c(OS(=O)(=O)C(F)(F)F)cc(=O)n(C)c3n(-c3ccc(I)cc3F)c2=O)cc1.COc1ccc(Cn2c(=O)c3c(Oc4cccc(OC)c4C)cc(=O)n(C)c3n(-c3ccc(I)cc3F)c2=O)cc1.COc1cccc(Oc2cc(=O)n(C)c(Nc3ccc(I)cc3F)c2C(N)=O)c1C. The first kappa shape index (κ1) is 81.4. The lowest BCUT2D eigenvalue weighted by Gasteiger charge is -2.19. The van der Waals surface area contributed by atoms with E-state index < -0.39 is 107 Å². The van der Waals surface area contributed by atoms with Crippen molar-refractivity contribution in [1.29, 1.82) is 0 Å². The number of halogens is 9. The van der Waals surface area contributed by atoms with E-state index in [-0.39, 0.29) is 51.8 Å². The molecule has 12 rings (SSSR count). The highest BCUT2D eigenvalue weighted by atomic mass is 127. The van der Waals surface area contributed by atoms with Crippen molar-refractivity contribution >= 4 is 117 Å². The number of pyridine rings is 3. The Balaban J connectivity index is 0.000000178. The van der Waals surface area contributed by atoms with Crippen LogP contribution in [-0.4, -0.2) is 80.2 Å². The molecular weight excluding hydrogens is 1810 g/mol. The number of hydrogen-bond acceptors (Lipinski definition) is 18. The number of benzene rings is 7. The highest BCUT2D eigenvalue weighted by Gasteiger charge is 2.49. The summed E-state index contributed by atoms with van der Waals surface area (Å²) in [5.74, 6) is -1.51. The van der Waals surface area contributed by atoms with Gasteiger partial charge in [-0.3, -0.25) is 51.6 Å². The minimum Gasteiger partial charge on any atom is -0.497 e. The number of primary amides is 1. The Morgan fingerprint density at radius 3 is 1.26 bits per heavy atom. The van der Waals surface area contributed by atoms with E-state index in [9.17, 15) is 64.3 Å². The summed E-state index contributed by atoms with van der Waals surface area (Å²) in [7, 11) is 3.58. The Hall–Kier alpha value is -11.1. The van der Waals surface area contributed by atoms with Crippen LogP contribution in [0.25, 0.3) is 33.4 Å². The van der Waals surface area contributed by atoms with Crippen LogP contribution in [-0.2, 0) is 44.4 Å². The Labute approximate surface area is 659 Å². The molecule has 0 saturated carbocycles. The van der Waals surface area contributed by atoms with Crippen LogP contribution in [0.2, 0.25) is 0 Å². The van der Waals surface area contributed by atoms with Gasteiger partial charge in [0, 0.05) is 61.2 Å². The van der Waals surface area contributed by atoms with E-state index in [1.54, 1.807) is 109 Å². The van der Waals surface area contributed by atoms with Crippen molar-refractivity contribution in [3.8, 4) is 63.1 Å². The molecule has 0 aliphatic heterocycles. The minimum atomic E-state index is -6.34. The topological polar surface area (TPSA) is 308 Å². The molecule has 0 saturated heterocycles. The fraction of sp³-hybridized carbons (Fsp3) is 0.162. The van der Waals surface area contributed by atoms with Crippen LogP contribution < -0.4 is 82.8 Å². The summed E-state index contributed by atoms with van der Waals surface area (Å²) in [4.78, 5) is 106. The highest BCUT2D eigenvalue weighted by molar-refractivity contribution is 14.1. The number of nitrogens with two attached hydrogens (primary N) is 1. The van der Waals surface area contributed by atoms with Gasteiger partial charge in [-0.05, 0) is 196 Å². The molecule has 0 unspecified atom stereocenters. The summed E-state index contributed by atoms with van der Waals surface area (Å²) in [5.41, 5.74) is -5.47. The van der Waals surface area contributed by atoms with Crippen molar-refractivity contribution in [2.24, 2.45) is 26.9 Å². The quantitative estimate of drug-likeness (QED) is 0.0329. The molecule has 12 aromatic rings. The van der Waals surface area contributed by atoms with E-state index in [1.165, 1.54) is 108 Å². The second-order valence-electron chi connectivity index (χ2n) is 23.7. The number of nitrogens with one attached hydrogen (secondary N) is 1. The summed E-state index contributed by atoms with van der Waals surface area (Å²) in [6.07, 6.45) is 0. The third kappa shape index (κ3) is 16.8. The molecule has 5 aromatic heterocycles. The summed E-state index contributed by atoms with van der Waals surface area (Å²) in [5, 5.41) is 1.85. The second-order valence-corrected chi connectivity index (χ2v) is 29.0. The van der Waals surface area contributed by atoms with E-state index in [1.807, 2.05) is 45.2 Å². The number of fused-ring (bicyclic) bond motifs is 2. The Kier molecular flexibility index (Phi) is 24.7. The molecule has 26 nitrogen and oxygen atoms in total. The fourth-order valence-electron chi connectivity index (χ4n) is 11.2. The van der Waals surface area contributed by atoms with Gasteiger partial charge in [-0.2, -0.15) is 21.6 Å². The number of hydrogen-bond donors (Lipinski definition) is 2. The number of rotatable bonds is 19. The third-order valence-electron chi connectivity index (χ3n) is 16.9. The maximum atomic E-state index is 15.4. The van der Waals surface area contributed by atoms with Crippen LogP contribution >= 0.6 is 67.8 Å². The summed E-state index contributed by atoms with van der Waals surface area (Å²) in [6.45, 7) is 2.97. The first-order chi connectivity index (χ1) is 52.0. The van der Waals surface area contributed by atoms with Gasteiger partial charge in [0.1, 0.15) is 96.9 Å². The van der Waals surface area contributed by atoms with Crippen LogP contribution in [0.15, 0.2) is 191 Å². The number of aryl methyl sites for hydroxylation is 2. The lowest BCUT2D eigenvalue weighted by atomic mass is 10.1. The average molecular weight is 1870 g/mol. The molecule has 1 amide bonds. The molecule has 0 radical (unpaired) electrons.